The van der Waals surface area contributed by atoms with Crippen molar-refractivity contribution in [3.05, 3.63) is 0 Å². The van der Waals surface area contributed by atoms with Crippen molar-refractivity contribution in [2.24, 2.45) is 11.3 Å². The zero-order valence-corrected chi connectivity index (χ0v) is 15.9. The molecule has 0 aromatic carbocycles. The summed E-state index contributed by atoms with van der Waals surface area (Å²) in [5.74, 6) is 0.572. The maximum Gasteiger partial charge on any atom is 0.141 e. The molecule has 0 aliphatic carbocycles. The zero-order chi connectivity index (χ0) is 15.3. The molecule has 0 aromatic heterocycles. The first-order chi connectivity index (χ1) is 8.45. The van der Waals surface area contributed by atoms with E-state index in [0.29, 0.717) is 5.92 Å². The molecule has 0 aliphatic heterocycles. The summed E-state index contributed by atoms with van der Waals surface area (Å²) >= 11 is 4.65. The smallest absolute Gasteiger partial charge is 0.141 e. The van der Waals surface area contributed by atoms with Gasteiger partial charge in [0.05, 0.1) is 0 Å². The van der Waals surface area contributed by atoms with E-state index in [0.717, 1.165) is 19.0 Å². The van der Waals surface area contributed by atoms with Crippen LogP contribution in [0.2, 0.25) is 0 Å². The van der Waals surface area contributed by atoms with E-state index in [1.807, 2.05) is 0 Å². The molecule has 1 nitrogen and oxygen atoms in total. The van der Waals surface area contributed by atoms with Crippen LogP contribution >= 0.6 is 18.6 Å². The molecular formula is C16H35OPS. The van der Waals surface area contributed by atoms with E-state index in [-0.39, 0.29) is 10.6 Å². The number of hydrogen-bond acceptors (Lipinski definition) is 1. The minimum Gasteiger partial charge on any atom is -0.312 e. The summed E-state index contributed by atoms with van der Waals surface area (Å²) in [5.41, 5.74) is 0.201. The quantitative estimate of drug-likeness (QED) is 0.393. The van der Waals surface area contributed by atoms with E-state index in [1.54, 1.807) is 0 Å². The molecule has 0 saturated heterocycles. The zero-order valence-electron chi connectivity index (χ0n) is 14.1. The van der Waals surface area contributed by atoms with E-state index in [4.69, 9.17) is 0 Å². The fourth-order valence-electron chi connectivity index (χ4n) is 2.94. The van der Waals surface area contributed by atoms with E-state index >= 15 is 0 Å². The second-order valence-corrected chi connectivity index (χ2v) is 12.8. The van der Waals surface area contributed by atoms with Crippen LogP contribution in [0.5, 0.6) is 0 Å². The molecule has 0 heterocycles. The normalized spacial score (nSPS) is 18.1. The van der Waals surface area contributed by atoms with Crippen molar-refractivity contribution in [2.45, 2.75) is 85.7 Å². The topological polar surface area (TPSA) is 17.1 Å². The third-order valence-corrected chi connectivity index (χ3v) is 9.13. The van der Waals surface area contributed by atoms with E-state index in [9.17, 15) is 4.57 Å². The van der Waals surface area contributed by atoms with Gasteiger partial charge in [-0.1, -0.05) is 67.7 Å². The van der Waals surface area contributed by atoms with Gasteiger partial charge in [0, 0.05) is 11.3 Å². The summed E-state index contributed by atoms with van der Waals surface area (Å²) in [7, 11) is 0. The van der Waals surface area contributed by atoms with Crippen LogP contribution in [0.4, 0.5) is 0 Å². The van der Waals surface area contributed by atoms with Crippen LogP contribution in [0.3, 0.4) is 0 Å². The van der Waals surface area contributed by atoms with E-state index in [1.165, 1.54) is 19.3 Å². The molecule has 2 atom stereocenters. The Bertz CT molecular complexity index is 304. The van der Waals surface area contributed by atoms with Crippen LogP contribution in [0.25, 0.3) is 0 Å². The minimum atomic E-state index is -2.41. The summed E-state index contributed by atoms with van der Waals surface area (Å²) < 4.78 is 13.1. The highest BCUT2D eigenvalue weighted by Gasteiger charge is 2.40. The van der Waals surface area contributed by atoms with Crippen LogP contribution < -0.4 is 0 Å². The third-order valence-electron chi connectivity index (χ3n) is 3.96. The van der Waals surface area contributed by atoms with Crippen molar-refractivity contribution in [3.63, 3.8) is 0 Å². The lowest BCUT2D eigenvalue weighted by Gasteiger charge is -2.38. The largest absolute Gasteiger partial charge is 0.312 e. The highest BCUT2D eigenvalue weighted by molar-refractivity contribution is 8.48. The fraction of sp³-hybridized carbons (Fsp3) is 1.00. The Hall–Kier alpha value is 0.580. The van der Waals surface area contributed by atoms with Crippen molar-refractivity contribution in [2.75, 3.05) is 6.16 Å². The lowest BCUT2D eigenvalue weighted by Crippen LogP contribution is -2.28. The maximum atomic E-state index is 13.1. The highest BCUT2D eigenvalue weighted by atomic mass is 32.7. The van der Waals surface area contributed by atoms with Crippen LogP contribution in [0.15, 0.2) is 0 Å². The molecule has 19 heavy (non-hydrogen) atoms. The summed E-state index contributed by atoms with van der Waals surface area (Å²) in [4.78, 5) is 0. The van der Waals surface area contributed by atoms with E-state index in [2.05, 4.69) is 60.7 Å². The molecule has 0 rings (SSSR count). The summed E-state index contributed by atoms with van der Waals surface area (Å²) in [6, 6.07) is 0. The summed E-state index contributed by atoms with van der Waals surface area (Å²) in [5, 5.41) is -0.173. The number of hydrogen-bond donors (Lipinski definition) is 1. The Balaban J connectivity index is 4.79. The van der Waals surface area contributed by atoms with Crippen LogP contribution in [0, 0.1) is 11.3 Å². The number of unbranched alkanes of at least 4 members (excludes halogenated alkanes) is 1. The molecule has 0 bridgehead atoms. The van der Waals surface area contributed by atoms with Gasteiger partial charge in [0.2, 0.25) is 0 Å². The third kappa shape index (κ3) is 7.23. The molecule has 0 fully saturated rings. The first-order valence-electron chi connectivity index (χ1n) is 7.77. The van der Waals surface area contributed by atoms with Crippen molar-refractivity contribution in [1.29, 1.82) is 0 Å². The molecule has 0 N–H and O–H groups in total. The van der Waals surface area contributed by atoms with Gasteiger partial charge < -0.3 is 4.57 Å². The molecule has 0 aromatic rings. The molecule has 0 radical (unpaired) electrons. The monoisotopic (exact) mass is 306 g/mol. The maximum absolute atomic E-state index is 13.1. The first kappa shape index (κ1) is 19.6. The fourth-order valence-corrected chi connectivity index (χ4v) is 6.20. The van der Waals surface area contributed by atoms with Crippen LogP contribution in [0.1, 0.15) is 80.6 Å². The second-order valence-electron chi connectivity index (χ2n) is 7.85. The van der Waals surface area contributed by atoms with Gasteiger partial charge in [-0.15, -0.1) is 12.2 Å². The summed E-state index contributed by atoms with van der Waals surface area (Å²) in [6.07, 6.45) is 4.14. The molecule has 0 aliphatic rings. The second kappa shape index (κ2) is 7.55. The average molecular weight is 306 g/mol. The van der Waals surface area contributed by atoms with Gasteiger partial charge in [0.15, 0.2) is 0 Å². The van der Waals surface area contributed by atoms with Gasteiger partial charge in [-0.25, -0.2) is 0 Å². The Labute approximate surface area is 126 Å². The summed E-state index contributed by atoms with van der Waals surface area (Å²) in [6.45, 7) is 15.4. The Morgan fingerprint density at radius 3 is 2.00 bits per heavy atom. The van der Waals surface area contributed by atoms with Gasteiger partial charge in [0.25, 0.3) is 0 Å². The SMILES string of the molecule is CCCCC(CC)CP(=O)(S)C(C)(C)CC(C)(C)C. The standard InChI is InChI=1S/C16H35OPS/c1-8-10-11-14(9-2)12-18(17,19)16(6,7)13-15(3,4)5/h14H,8-13H2,1-7H3,(H,17,19). The Morgan fingerprint density at radius 1 is 1.11 bits per heavy atom. The van der Waals surface area contributed by atoms with Crippen molar-refractivity contribution < 1.29 is 4.57 Å². The number of rotatable bonds is 8. The van der Waals surface area contributed by atoms with Crippen molar-refractivity contribution >= 4 is 18.6 Å². The number of thiol groups is 1. The predicted molar refractivity (Wildman–Crippen MR) is 92.9 cm³/mol. The predicted octanol–water partition coefficient (Wildman–Crippen LogP) is 6.63. The van der Waals surface area contributed by atoms with Gasteiger partial charge in [-0.05, 0) is 24.2 Å². The van der Waals surface area contributed by atoms with Crippen LogP contribution in [-0.4, -0.2) is 11.3 Å². The van der Waals surface area contributed by atoms with Crippen molar-refractivity contribution in [3.8, 4) is 0 Å². The average Bonchev–Trinajstić information content (AvgIpc) is 2.20. The molecule has 0 spiro atoms. The molecule has 0 saturated carbocycles. The molecule has 116 valence electrons. The van der Waals surface area contributed by atoms with Gasteiger partial charge >= 0.3 is 0 Å². The van der Waals surface area contributed by atoms with Crippen LogP contribution in [-0.2, 0) is 4.57 Å². The minimum absolute atomic E-state index is 0.173. The van der Waals surface area contributed by atoms with Gasteiger partial charge in [0.1, 0.15) is 6.34 Å². The Morgan fingerprint density at radius 2 is 1.63 bits per heavy atom. The first-order valence-corrected chi connectivity index (χ1v) is 10.8. The lowest BCUT2D eigenvalue weighted by molar-refractivity contribution is 0.329. The van der Waals surface area contributed by atoms with E-state index < -0.39 is 6.34 Å². The molecule has 2 unspecified atom stereocenters. The Kier molecular flexibility index (Phi) is 7.78. The van der Waals surface area contributed by atoms with Crippen molar-refractivity contribution in [1.82, 2.24) is 0 Å². The molecule has 3 heteroatoms. The van der Waals surface area contributed by atoms with Gasteiger partial charge in [-0.2, -0.15) is 0 Å². The van der Waals surface area contributed by atoms with Gasteiger partial charge in [-0.3, -0.25) is 0 Å². The highest BCUT2D eigenvalue weighted by Crippen LogP contribution is 2.66. The lowest BCUT2D eigenvalue weighted by atomic mass is 9.86. The molecular weight excluding hydrogens is 271 g/mol. The molecule has 0 amide bonds.